The van der Waals surface area contributed by atoms with Crippen molar-refractivity contribution < 1.29 is 14.1 Å². The minimum Gasteiger partial charge on any atom is -0.465 e. The normalized spacial score (nSPS) is 15.5. The van der Waals surface area contributed by atoms with E-state index in [1.807, 2.05) is 12.4 Å². The number of hydrogen-bond acceptors (Lipinski definition) is 7. The first-order valence-electron chi connectivity index (χ1n) is 9.36. The zero-order chi connectivity index (χ0) is 19.3. The molecule has 7 nitrogen and oxygen atoms in total. The van der Waals surface area contributed by atoms with Crippen LogP contribution in [0.5, 0.6) is 0 Å². The Hall–Kier alpha value is -3.06. The van der Waals surface area contributed by atoms with E-state index >= 15 is 0 Å². The van der Waals surface area contributed by atoms with Gasteiger partial charge in [0, 0.05) is 18.0 Å². The summed E-state index contributed by atoms with van der Waals surface area (Å²) in [6.45, 7) is 2.65. The van der Waals surface area contributed by atoms with Crippen molar-refractivity contribution in [3.63, 3.8) is 0 Å². The summed E-state index contributed by atoms with van der Waals surface area (Å²) in [5.74, 6) is 1.36. The topological polar surface area (TPSA) is 81.4 Å². The Morgan fingerprint density at radius 1 is 1.14 bits per heavy atom. The lowest BCUT2D eigenvalue weighted by Gasteiger charge is -2.31. The van der Waals surface area contributed by atoms with E-state index < -0.39 is 0 Å². The van der Waals surface area contributed by atoms with E-state index in [-0.39, 0.29) is 5.97 Å². The van der Waals surface area contributed by atoms with Gasteiger partial charge in [0.15, 0.2) is 0 Å². The highest BCUT2D eigenvalue weighted by molar-refractivity contribution is 5.89. The molecule has 28 heavy (non-hydrogen) atoms. The summed E-state index contributed by atoms with van der Waals surface area (Å²) in [6, 6.07) is 11.2. The predicted molar refractivity (Wildman–Crippen MR) is 103 cm³/mol. The van der Waals surface area contributed by atoms with Crippen LogP contribution in [0.4, 0.5) is 0 Å². The molecular weight excluding hydrogens is 356 g/mol. The molecule has 2 aromatic heterocycles. The second-order valence-electron chi connectivity index (χ2n) is 6.91. The highest BCUT2D eigenvalue weighted by atomic mass is 16.5. The van der Waals surface area contributed by atoms with Crippen LogP contribution in [0.25, 0.3) is 11.4 Å². The quantitative estimate of drug-likeness (QED) is 0.630. The number of aromatic nitrogens is 3. The lowest BCUT2D eigenvalue weighted by Crippen LogP contribution is -2.32. The average Bonchev–Trinajstić information content (AvgIpc) is 3.23. The fraction of sp³-hybridized carbons (Fsp3) is 0.333. The minimum absolute atomic E-state index is 0.365. The molecule has 0 radical (unpaired) electrons. The van der Waals surface area contributed by atoms with Gasteiger partial charge < -0.3 is 9.26 Å². The molecule has 3 aromatic rings. The number of methoxy groups -OCH3 is 1. The van der Waals surface area contributed by atoms with Crippen molar-refractivity contribution in [1.82, 2.24) is 20.0 Å². The maximum Gasteiger partial charge on any atom is 0.337 e. The largest absolute Gasteiger partial charge is 0.465 e. The van der Waals surface area contributed by atoms with Gasteiger partial charge in [-0.25, -0.2) is 4.79 Å². The van der Waals surface area contributed by atoms with Crippen molar-refractivity contribution in [1.29, 1.82) is 0 Å². The molecule has 0 N–H and O–H groups in total. The van der Waals surface area contributed by atoms with Crippen molar-refractivity contribution >= 4 is 5.97 Å². The van der Waals surface area contributed by atoms with Gasteiger partial charge in [-0.05, 0) is 61.7 Å². The lowest BCUT2D eigenvalue weighted by atomic mass is 9.90. The Labute approximate surface area is 163 Å². The summed E-state index contributed by atoms with van der Waals surface area (Å²) in [4.78, 5) is 22.5. The molecule has 1 aromatic carbocycles. The molecule has 0 bridgehead atoms. The van der Waals surface area contributed by atoms with Crippen LogP contribution in [0.15, 0.2) is 53.3 Å². The molecule has 1 aliphatic rings. The monoisotopic (exact) mass is 378 g/mol. The van der Waals surface area contributed by atoms with Gasteiger partial charge in [-0.15, -0.1) is 0 Å². The summed E-state index contributed by atoms with van der Waals surface area (Å²) in [6.07, 6.45) is 5.94. The maximum absolute atomic E-state index is 11.5. The summed E-state index contributed by atoms with van der Waals surface area (Å²) in [7, 11) is 1.36. The van der Waals surface area contributed by atoms with Gasteiger partial charge in [-0.1, -0.05) is 17.3 Å². The number of nitrogens with zero attached hydrogens (tertiary/aromatic N) is 4. The molecule has 0 unspecified atom stereocenters. The number of hydrogen-bond donors (Lipinski definition) is 0. The van der Waals surface area contributed by atoms with Gasteiger partial charge in [-0.2, -0.15) is 4.98 Å². The van der Waals surface area contributed by atoms with Crippen LogP contribution in [0.3, 0.4) is 0 Å². The van der Waals surface area contributed by atoms with E-state index in [0.29, 0.717) is 29.7 Å². The molecule has 1 saturated heterocycles. The average molecular weight is 378 g/mol. The van der Waals surface area contributed by atoms with Gasteiger partial charge in [0.05, 0.1) is 19.2 Å². The summed E-state index contributed by atoms with van der Waals surface area (Å²) in [5.41, 5.74) is 2.66. The third-order valence-electron chi connectivity index (χ3n) is 5.16. The second-order valence-corrected chi connectivity index (χ2v) is 6.91. The summed E-state index contributed by atoms with van der Waals surface area (Å²) >= 11 is 0. The van der Waals surface area contributed by atoms with Crippen molar-refractivity contribution in [2.24, 2.45) is 0 Å². The van der Waals surface area contributed by atoms with Crippen LogP contribution in [0.2, 0.25) is 0 Å². The minimum atomic E-state index is -0.365. The molecule has 0 atom stereocenters. The molecule has 144 valence electrons. The van der Waals surface area contributed by atoms with Crippen LogP contribution in [-0.4, -0.2) is 46.2 Å². The highest BCUT2D eigenvalue weighted by Crippen LogP contribution is 2.28. The molecular formula is C21H22N4O3. The van der Waals surface area contributed by atoms with Crippen LogP contribution in [0, 0.1) is 0 Å². The number of esters is 1. The molecule has 1 fully saturated rings. The molecule has 0 amide bonds. The zero-order valence-electron chi connectivity index (χ0n) is 15.7. The summed E-state index contributed by atoms with van der Waals surface area (Å²) < 4.78 is 10.1. The smallest absolute Gasteiger partial charge is 0.337 e. The van der Waals surface area contributed by atoms with Crippen LogP contribution in [0.1, 0.15) is 40.6 Å². The first-order valence-corrected chi connectivity index (χ1v) is 9.36. The highest BCUT2D eigenvalue weighted by Gasteiger charge is 2.22. The van der Waals surface area contributed by atoms with E-state index in [1.165, 1.54) is 12.7 Å². The van der Waals surface area contributed by atoms with Gasteiger partial charge >= 0.3 is 5.97 Å². The van der Waals surface area contributed by atoms with Crippen molar-refractivity contribution in [2.45, 2.75) is 25.3 Å². The zero-order valence-corrected chi connectivity index (χ0v) is 15.7. The molecule has 7 heteroatoms. The predicted octanol–water partition coefficient (Wildman–Crippen LogP) is 3.30. The Bertz CT molecular complexity index is 916. The number of likely N-dealkylation sites (tertiary alicyclic amines) is 1. The van der Waals surface area contributed by atoms with Crippen molar-refractivity contribution in [2.75, 3.05) is 20.2 Å². The molecule has 1 aliphatic heterocycles. The van der Waals surface area contributed by atoms with Crippen molar-refractivity contribution in [3.8, 4) is 11.4 Å². The molecule has 0 saturated carbocycles. The first-order chi connectivity index (χ1) is 13.7. The Balaban J connectivity index is 1.35. The molecule has 0 spiro atoms. The Morgan fingerprint density at radius 3 is 2.54 bits per heavy atom. The third kappa shape index (κ3) is 4.09. The Morgan fingerprint density at radius 2 is 1.86 bits per heavy atom. The molecule has 3 heterocycles. The lowest BCUT2D eigenvalue weighted by molar-refractivity contribution is 0.0601. The van der Waals surface area contributed by atoms with Crippen LogP contribution in [-0.2, 0) is 11.3 Å². The maximum atomic E-state index is 11.5. The molecule has 4 rings (SSSR count). The van der Waals surface area contributed by atoms with Gasteiger partial charge in [0.1, 0.15) is 0 Å². The second kappa shape index (κ2) is 8.31. The number of piperidine rings is 1. The van der Waals surface area contributed by atoms with E-state index in [9.17, 15) is 4.79 Å². The third-order valence-corrected chi connectivity index (χ3v) is 5.16. The van der Waals surface area contributed by atoms with E-state index in [2.05, 4.69) is 32.2 Å². The van der Waals surface area contributed by atoms with E-state index in [0.717, 1.165) is 31.5 Å². The van der Waals surface area contributed by atoms with E-state index in [4.69, 9.17) is 9.26 Å². The first kappa shape index (κ1) is 18.3. The van der Waals surface area contributed by atoms with Gasteiger partial charge in [-0.3, -0.25) is 9.88 Å². The number of pyridine rings is 1. The summed E-state index contributed by atoms with van der Waals surface area (Å²) in [5, 5.41) is 4.07. The van der Waals surface area contributed by atoms with Crippen molar-refractivity contribution in [3.05, 3.63) is 65.8 Å². The number of ether oxygens (including phenoxy) is 1. The standard InChI is InChI=1S/C21H22N4O3/c1-27-21(26)18-4-2-17(3-5-18)20-23-19(28-24-20)14-25-12-8-16(9-13-25)15-6-10-22-11-7-15/h2-7,10-11,16H,8-9,12-14H2,1H3. The van der Waals surface area contributed by atoms with Gasteiger partial charge in [0.25, 0.3) is 0 Å². The fourth-order valence-corrected chi connectivity index (χ4v) is 3.56. The number of benzene rings is 1. The number of carbonyl (C=O) groups excluding carboxylic acids is 1. The number of rotatable bonds is 5. The van der Waals surface area contributed by atoms with Crippen LogP contribution < -0.4 is 0 Å². The van der Waals surface area contributed by atoms with Gasteiger partial charge in [0.2, 0.25) is 11.7 Å². The van der Waals surface area contributed by atoms with Crippen LogP contribution >= 0.6 is 0 Å². The molecule has 0 aliphatic carbocycles. The number of carbonyl (C=O) groups is 1. The Kier molecular flexibility index (Phi) is 5.43. The SMILES string of the molecule is COC(=O)c1ccc(-c2noc(CN3CCC(c4ccncc4)CC3)n2)cc1. The fourth-order valence-electron chi connectivity index (χ4n) is 3.56. The van der Waals surface area contributed by atoms with E-state index in [1.54, 1.807) is 24.3 Å².